The zero-order chi connectivity index (χ0) is 18.5. The SMILES string of the molecule is CCCCN1C(=O)C(O)=C(C(=O)CCc2ccccc2)C1c1ccco1. The number of hydrogen-bond donors (Lipinski definition) is 1. The number of nitrogens with zero attached hydrogens (tertiary/aromatic N) is 1. The maximum Gasteiger partial charge on any atom is 0.290 e. The van der Waals surface area contributed by atoms with E-state index in [0.29, 0.717) is 18.7 Å². The van der Waals surface area contributed by atoms with Crippen molar-refractivity contribution in [1.29, 1.82) is 0 Å². The standard InChI is InChI=1S/C21H23NO4/c1-2-3-13-22-19(17-10-7-14-26-17)18(20(24)21(22)25)16(23)12-11-15-8-5-4-6-9-15/h4-10,14,19,24H,2-3,11-13H2,1H3. The van der Waals surface area contributed by atoms with E-state index >= 15 is 0 Å². The van der Waals surface area contributed by atoms with Crippen LogP contribution in [0.3, 0.4) is 0 Å². The number of carbonyl (C=O) groups excluding carboxylic acids is 2. The first-order chi connectivity index (χ1) is 12.6. The van der Waals surface area contributed by atoms with Gasteiger partial charge in [0.25, 0.3) is 5.91 Å². The van der Waals surface area contributed by atoms with Crippen molar-refractivity contribution in [1.82, 2.24) is 4.90 Å². The lowest BCUT2D eigenvalue weighted by molar-refractivity contribution is -0.129. The normalized spacial score (nSPS) is 17.2. The number of Topliss-reactive ketones (excluding diaryl/α,β-unsaturated/α-hetero) is 1. The molecule has 1 aliphatic heterocycles. The highest BCUT2D eigenvalue weighted by molar-refractivity contribution is 6.08. The molecule has 1 unspecified atom stereocenters. The first kappa shape index (κ1) is 18.0. The van der Waals surface area contributed by atoms with Gasteiger partial charge in [-0.05, 0) is 30.5 Å². The third kappa shape index (κ3) is 3.57. The molecule has 1 N–H and O–H groups in total. The van der Waals surface area contributed by atoms with Crippen LogP contribution in [0.4, 0.5) is 0 Å². The van der Waals surface area contributed by atoms with E-state index in [1.54, 1.807) is 12.1 Å². The van der Waals surface area contributed by atoms with Gasteiger partial charge in [-0.3, -0.25) is 9.59 Å². The number of carbonyl (C=O) groups is 2. The summed E-state index contributed by atoms with van der Waals surface area (Å²) in [5.41, 5.74) is 1.19. The third-order valence-electron chi connectivity index (χ3n) is 4.65. The molecule has 1 aliphatic rings. The number of rotatable bonds is 8. The molecule has 1 amide bonds. The van der Waals surface area contributed by atoms with Crippen molar-refractivity contribution in [3.05, 3.63) is 71.4 Å². The van der Waals surface area contributed by atoms with Crippen molar-refractivity contribution in [2.24, 2.45) is 0 Å². The molecule has 3 rings (SSSR count). The fourth-order valence-corrected chi connectivity index (χ4v) is 3.28. The summed E-state index contributed by atoms with van der Waals surface area (Å²) in [5, 5.41) is 10.4. The minimum atomic E-state index is -0.646. The van der Waals surface area contributed by atoms with Gasteiger partial charge in [0.05, 0.1) is 11.8 Å². The molecule has 1 atom stereocenters. The second kappa shape index (κ2) is 8.04. The van der Waals surface area contributed by atoms with Gasteiger partial charge in [-0.15, -0.1) is 0 Å². The summed E-state index contributed by atoms with van der Waals surface area (Å²) < 4.78 is 5.48. The van der Waals surface area contributed by atoms with Crippen LogP contribution in [-0.4, -0.2) is 28.2 Å². The molecule has 0 fully saturated rings. The van der Waals surface area contributed by atoms with E-state index in [9.17, 15) is 14.7 Å². The molecule has 1 aromatic carbocycles. The average molecular weight is 353 g/mol. The number of amides is 1. The van der Waals surface area contributed by atoms with Crippen molar-refractivity contribution < 1.29 is 19.1 Å². The smallest absolute Gasteiger partial charge is 0.290 e. The van der Waals surface area contributed by atoms with E-state index in [2.05, 4.69) is 0 Å². The van der Waals surface area contributed by atoms with Crippen molar-refractivity contribution in [2.75, 3.05) is 6.54 Å². The molecular formula is C21H23NO4. The molecule has 0 aliphatic carbocycles. The van der Waals surface area contributed by atoms with Crippen molar-refractivity contribution in [2.45, 2.75) is 38.6 Å². The van der Waals surface area contributed by atoms with Crippen LogP contribution in [0.1, 0.15) is 43.6 Å². The lowest BCUT2D eigenvalue weighted by Crippen LogP contribution is -2.31. The van der Waals surface area contributed by atoms with E-state index < -0.39 is 17.7 Å². The van der Waals surface area contributed by atoms with Gasteiger partial charge in [0, 0.05) is 13.0 Å². The maximum absolute atomic E-state index is 12.9. The Labute approximate surface area is 152 Å². The fraction of sp³-hybridized carbons (Fsp3) is 0.333. The largest absolute Gasteiger partial charge is 0.503 e. The van der Waals surface area contributed by atoms with E-state index in [0.717, 1.165) is 18.4 Å². The average Bonchev–Trinajstić information content (AvgIpc) is 3.27. The lowest BCUT2D eigenvalue weighted by Gasteiger charge is -2.24. The molecule has 0 saturated heterocycles. The van der Waals surface area contributed by atoms with Crippen molar-refractivity contribution >= 4 is 11.7 Å². The van der Waals surface area contributed by atoms with Crippen LogP contribution in [0.5, 0.6) is 0 Å². The molecule has 2 aromatic rings. The zero-order valence-electron chi connectivity index (χ0n) is 14.9. The Kier molecular flexibility index (Phi) is 5.56. The molecule has 0 bridgehead atoms. The Morgan fingerprint density at radius 2 is 1.96 bits per heavy atom. The fourth-order valence-electron chi connectivity index (χ4n) is 3.28. The molecular weight excluding hydrogens is 330 g/mol. The third-order valence-corrected chi connectivity index (χ3v) is 4.65. The molecule has 5 heteroatoms. The highest BCUT2D eigenvalue weighted by Gasteiger charge is 2.44. The quantitative estimate of drug-likeness (QED) is 0.779. The Morgan fingerprint density at radius 3 is 2.62 bits per heavy atom. The molecule has 0 spiro atoms. The van der Waals surface area contributed by atoms with Gasteiger partial charge in [-0.2, -0.15) is 0 Å². The second-order valence-corrected chi connectivity index (χ2v) is 6.44. The lowest BCUT2D eigenvalue weighted by atomic mass is 9.96. The van der Waals surface area contributed by atoms with Gasteiger partial charge in [-0.1, -0.05) is 43.7 Å². The summed E-state index contributed by atoms with van der Waals surface area (Å²) in [6, 6.07) is 12.5. The molecule has 136 valence electrons. The van der Waals surface area contributed by atoms with Gasteiger partial charge < -0.3 is 14.4 Å². The van der Waals surface area contributed by atoms with Crippen LogP contribution in [0.25, 0.3) is 0 Å². The minimum Gasteiger partial charge on any atom is -0.503 e. The second-order valence-electron chi connectivity index (χ2n) is 6.44. The minimum absolute atomic E-state index is 0.150. The highest BCUT2D eigenvalue weighted by Crippen LogP contribution is 2.38. The molecule has 0 radical (unpaired) electrons. The van der Waals surface area contributed by atoms with Crippen LogP contribution in [0, 0.1) is 0 Å². The van der Waals surface area contributed by atoms with Gasteiger partial charge in [-0.25, -0.2) is 0 Å². The predicted molar refractivity (Wildman–Crippen MR) is 97.5 cm³/mol. The summed E-state index contributed by atoms with van der Waals surface area (Å²) in [5.74, 6) is -0.662. The highest BCUT2D eigenvalue weighted by atomic mass is 16.3. The van der Waals surface area contributed by atoms with Gasteiger partial charge in [0.2, 0.25) is 0 Å². The van der Waals surface area contributed by atoms with Crippen molar-refractivity contribution in [3.63, 3.8) is 0 Å². The zero-order valence-corrected chi connectivity index (χ0v) is 14.9. The first-order valence-corrected chi connectivity index (χ1v) is 8.98. The number of aliphatic hydroxyl groups is 1. The Bertz CT molecular complexity index is 793. The topological polar surface area (TPSA) is 70.8 Å². The number of hydrogen-bond acceptors (Lipinski definition) is 4. The molecule has 2 heterocycles. The number of unbranched alkanes of at least 4 members (excludes halogenated alkanes) is 1. The van der Waals surface area contributed by atoms with E-state index in [1.165, 1.54) is 11.2 Å². The van der Waals surface area contributed by atoms with Gasteiger partial charge in [0.1, 0.15) is 11.8 Å². The molecule has 1 aromatic heterocycles. The van der Waals surface area contributed by atoms with Crippen molar-refractivity contribution in [3.8, 4) is 0 Å². The first-order valence-electron chi connectivity index (χ1n) is 8.98. The monoisotopic (exact) mass is 353 g/mol. The molecule has 5 nitrogen and oxygen atoms in total. The van der Waals surface area contributed by atoms with Gasteiger partial charge in [0.15, 0.2) is 11.5 Å². The Morgan fingerprint density at radius 1 is 1.19 bits per heavy atom. The van der Waals surface area contributed by atoms with Crippen LogP contribution < -0.4 is 0 Å². The van der Waals surface area contributed by atoms with E-state index in [1.807, 2.05) is 37.3 Å². The summed E-state index contributed by atoms with van der Waals surface area (Å²) >= 11 is 0. The Hall–Kier alpha value is -2.82. The Balaban J connectivity index is 1.84. The molecule has 0 saturated carbocycles. The molecule has 26 heavy (non-hydrogen) atoms. The van der Waals surface area contributed by atoms with Crippen LogP contribution in [0.15, 0.2) is 64.5 Å². The van der Waals surface area contributed by atoms with Crippen LogP contribution in [0.2, 0.25) is 0 Å². The number of ketones is 1. The van der Waals surface area contributed by atoms with E-state index in [-0.39, 0.29) is 17.8 Å². The van der Waals surface area contributed by atoms with Crippen LogP contribution in [-0.2, 0) is 16.0 Å². The summed E-state index contributed by atoms with van der Waals surface area (Å²) in [4.78, 5) is 26.9. The predicted octanol–water partition coefficient (Wildman–Crippen LogP) is 3.98. The number of aliphatic hydroxyl groups excluding tert-OH is 1. The number of furan rings is 1. The van der Waals surface area contributed by atoms with Crippen LogP contribution >= 0.6 is 0 Å². The summed E-state index contributed by atoms with van der Waals surface area (Å²) in [6.45, 7) is 2.50. The summed E-state index contributed by atoms with van der Waals surface area (Å²) in [6.07, 6.45) is 4.01. The van der Waals surface area contributed by atoms with E-state index in [4.69, 9.17) is 4.42 Å². The number of benzene rings is 1. The summed E-state index contributed by atoms with van der Waals surface area (Å²) in [7, 11) is 0. The number of aryl methyl sites for hydroxylation is 1. The maximum atomic E-state index is 12.9. The van der Waals surface area contributed by atoms with Gasteiger partial charge >= 0.3 is 0 Å².